The van der Waals surface area contributed by atoms with Crippen LogP contribution in [0.5, 0.6) is 5.75 Å². The van der Waals surface area contributed by atoms with Gasteiger partial charge in [0.25, 0.3) is 0 Å². The Hall–Kier alpha value is -4.02. The topological polar surface area (TPSA) is 86.4 Å². The molecule has 7 heteroatoms. The molecule has 3 N–H and O–H groups in total. The van der Waals surface area contributed by atoms with Crippen LogP contribution in [-0.2, 0) is 0 Å². The molecule has 172 valence electrons. The summed E-state index contributed by atoms with van der Waals surface area (Å²) in [6, 6.07) is 22.6. The number of benzene rings is 2. The molecule has 1 fully saturated rings. The van der Waals surface area contributed by atoms with Gasteiger partial charge in [-0.3, -0.25) is 0 Å². The Bertz CT molecular complexity index is 1300. The number of hydrogen-bond acceptors (Lipinski definition) is 6. The van der Waals surface area contributed by atoms with Gasteiger partial charge in [0.1, 0.15) is 23.2 Å². The average molecular weight is 453 g/mol. The van der Waals surface area contributed by atoms with Gasteiger partial charge in [0.2, 0.25) is 0 Å². The zero-order valence-electron chi connectivity index (χ0n) is 19.2. The molecule has 0 saturated carbocycles. The van der Waals surface area contributed by atoms with E-state index in [-0.39, 0.29) is 6.04 Å². The Morgan fingerprint density at radius 3 is 2.68 bits per heavy atom. The fourth-order valence-corrected chi connectivity index (χ4v) is 4.52. The van der Waals surface area contributed by atoms with Crippen molar-refractivity contribution in [3.63, 3.8) is 0 Å². The lowest BCUT2D eigenvalue weighted by Gasteiger charge is -2.28. The van der Waals surface area contributed by atoms with Gasteiger partial charge < -0.3 is 20.7 Å². The molecule has 2 aromatic carbocycles. The molecule has 4 aromatic rings. The molecule has 7 nitrogen and oxygen atoms in total. The van der Waals surface area contributed by atoms with Gasteiger partial charge in [-0.2, -0.15) is 10.4 Å². The zero-order chi connectivity index (χ0) is 23.3. The number of aromatic nitrogens is 2. The van der Waals surface area contributed by atoms with Gasteiger partial charge in [-0.1, -0.05) is 30.3 Å². The minimum absolute atomic E-state index is 0.243. The molecule has 0 spiro atoms. The number of nitriles is 1. The highest BCUT2D eigenvalue weighted by Crippen LogP contribution is 2.41. The summed E-state index contributed by atoms with van der Waals surface area (Å²) >= 11 is 0. The maximum atomic E-state index is 10.2. The summed E-state index contributed by atoms with van der Waals surface area (Å²) < 4.78 is 7.42. The van der Waals surface area contributed by atoms with Crippen molar-refractivity contribution in [2.75, 3.05) is 30.3 Å². The normalized spacial score (nSPS) is 15.6. The van der Waals surface area contributed by atoms with E-state index < -0.39 is 0 Å². The summed E-state index contributed by atoms with van der Waals surface area (Å²) in [7, 11) is 0. The summed E-state index contributed by atoms with van der Waals surface area (Å²) in [5.41, 5.74) is 5.04. The fraction of sp³-hybridized carbons (Fsp3) is 0.259. The van der Waals surface area contributed by atoms with Crippen LogP contribution >= 0.6 is 0 Å². The molecular weight excluding hydrogens is 424 g/mol. The molecule has 5 rings (SSSR count). The van der Waals surface area contributed by atoms with Gasteiger partial charge in [-0.25, -0.2) is 4.52 Å². The fourth-order valence-electron chi connectivity index (χ4n) is 4.52. The van der Waals surface area contributed by atoms with E-state index in [9.17, 15) is 5.26 Å². The number of pyridine rings is 1. The van der Waals surface area contributed by atoms with Crippen LogP contribution in [0.25, 0.3) is 16.6 Å². The SMILES string of the molecule is CCOc1ccc(Nc2c(-c3ccccc3)c(NC3CCCNC3)c(C#N)c3ccnn23)cc1. The molecule has 0 aliphatic carbocycles. The predicted molar refractivity (Wildman–Crippen MR) is 136 cm³/mol. The van der Waals surface area contributed by atoms with Crippen molar-refractivity contribution < 1.29 is 4.74 Å². The molecule has 1 unspecified atom stereocenters. The first-order valence-electron chi connectivity index (χ1n) is 11.7. The Morgan fingerprint density at radius 1 is 1.15 bits per heavy atom. The third kappa shape index (κ3) is 4.28. The molecule has 1 atom stereocenters. The van der Waals surface area contributed by atoms with Gasteiger partial charge in [0, 0.05) is 23.8 Å². The van der Waals surface area contributed by atoms with E-state index in [4.69, 9.17) is 4.74 Å². The summed E-state index contributed by atoms with van der Waals surface area (Å²) in [5, 5.41) is 25.6. The largest absolute Gasteiger partial charge is 0.494 e. The zero-order valence-corrected chi connectivity index (χ0v) is 19.2. The second-order valence-corrected chi connectivity index (χ2v) is 8.35. The first-order chi connectivity index (χ1) is 16.8. The van der Waals surface area contributed by atoms with Crippen LogP contribution < -0.4 is 20.7 Å². The highest BCUT2D eigenvalue weighted by molar-refractivity contribution is 5.96. The Morgan fingerprint density at radius 2 is 1.97 bits per heavy atom. The number of nitrogens with one attached hydrogen (secondary N) is 3. The molecule has 2 aromatic heterocycles. The second-order valence-electron chi connectivity index (χ2n) is 8.35. The Labute approximate surface area is 199 Å². The van der Waals surface area contributed by atoms with Crippen molar-refractivity contribution in [2.24, 2.45) is 0 Å². The lowest BCUT2D eigenvalue weighted by molar-refractivity contribution is 0.340. The summed E-state index contributed by atoms with van der Waals surface area (Å²) in [5.74, 6) is 1.63. The maximum Gasteiger partial charge on any atom is 0.142 e. The summed E-state index contributed by atoms with van der Waals surface area (Å²) in [4.78, 5) is 0. The van der Waals surface area contributed by atoms with E-state index in [1.165, 1.54) is 0 Å². The van der Waals surface area contributed by atoms with Crippen LogP contribution in [0.3, 0.4) is 0 Å². The van der Waals surface area contributed by atoms with Gasteiger partial charge in [0.05, 0.1) is 24.0 Å². The third-order valence-corrected chi connectivity index (χ3v) is 6.10. The van der Waals surface area contributed by atoms with E-state index in [0.29, 0.717) is 12.2 Å². The van der Waals surface area contributed by atoms with Gasteiger partial charge in [-0.15, -0.1) is 0 Å². The van der Waals surface area contributed by atoms with Crippen molar-refractivity contribution in [3.05, 3.63) is 72.4 Å². The van der Waals surface area contributed by atoms with E-state index in [0.717, 1.165) is 65.5 Å². The second kappa shape index (κ2) is 9.86. The molecular formula is C27H28N6O. The predicted octanol–water partition coefficient (Wildman–Crippen LogP) is 5.18. The van der Waals surface area contributed by atoms with Gasteiger partial charge >= 0.3 is 0 Å². The number of rotatable bonds is 7. The molecule has 1 aliphatic heterocycles. The molecule has 0 bridgehead atoms. The van der Waals surface area contributed by atoms with E-state index >= 15 is 0 Å². The van der Waals surface area contributed by atoms with Crippen molar-refractivity contribution in [1.29, 1.82) is 5.26 Å². The average Bonchev–Trinajstić information content (AvgIpc) is 3.37. The minimum Gasteiger partial charge on any atom is -0.494 e. The molecule has 1 aliphatic rings. The maximum absolute atomic E-state index is 10.2. The molecule has 1 saturated heterocycles. The molecule has 34 heavy (non-hydrogen) atoms. The standard InChI is InChI=1S/C27H28N6O/c1-2-34-22-12-10-20(11-13-22)32-27-25(19-7-4-3-5-8-19)26(31-21-9-6-15-29-18-21)23(17-28)24-14-16-30-33(24)27/h3-5,7-8,10-14,16,21,29,31-32H,2,6,9,15,18H2,1H3. The minimum atomic E-state index is 0.243. The number of hydrogen-bond donors (Lipinski definition) is 3. The highest BCUT2D eigenvalue weighted by atomic mass is 16.5. The van der Waals surface area contributed by atoms with Crippen LogP contribution in [-0.4, -0.2) is 35.4 Å². The van der Waals surface area contributed by atoms with Gasteiger partial charge in [0.15, 0.2) is 0 Å². The number of fused-ring (bicyclic) bond motifs is 1. The Kier molecular flexibility index (Phi) is 6.32. The van der Waals surface area contributed by atoms with Crippen LogP contribution in [0, 0.1) is 11.3 Å². The first-order valence-corrected chi connectivity index (χ1v) is 11.7. The van der Waals surface area contributed by atoms with Crippen LogP contribution in [0.1, 0.15) is 25.3 Å². The molecule has 0 amide bonds. The van der Waals surface area contributed by atoms with Crippen molar-refractivity contribution in [2.45, 2.75) is 25.8 Å². The first kappa shape index (κ1) is 21.8. The van der Waals surface area contributed by atoms with Crippen molar-refractivity contribution >= 4 is 22.7 Å². The quantitative estimate of drug-likeness (QED) is 0.358. The van der Waals surface area contributed by atoms with Crippen LogP contribution in [0.4, 0.5) is 17.2 Å². The summed E-state index contributed by atoms with van der Waals surface area (Å²) in [6.07, 6.45) is 3.89. The summed E-state index contributed by atoms with van der Waals surface area (Å²) in [6.45, 7) is 4.49. The monoisotopic (exact) mass is 452 g/mol. The molecule has 3 heterocycles. The molecule has 0 radical (unpaired) electrons. The van der Waals surface area contributed by atoms with Gasteiger partial charge in [-0.05, 0) is 62.2 Å². The van der Waals surface area contributed by atoms with E-state index in [2.05, 4.69) is 39.3 Å². The number of ether oxygens (including phenoxy) is 1. The Balaban J connectivity index is 1.69. The number of piperidine rings is 1. The number of anilines is 3. The highest BCUT2D eigenvalue weighted by Gasteiger charge is 2.24. The van der Waals surface area contributed by atoms with E-state index in [1.54, 1.807) is 6.20 Å². The lowest BCUT2D eigenvalue weighted by atomic mass is 9.98. The van der Waals surface area contributed by atoms with Crippen LogP contribution in [0.15, 0.2) is 66.9 Å². The smallest absolute Gasteiger partial charge is 0.142 e. The number of nitrogens with zero attached hydrogens (tertiary/aromatic N) is 3. The third-order valence-electron chi connectivity index (χ3n) is 6.10. The van der Waals surface area contributed by atoms with Crippen LogP contribution in [0.2, 0.25) is 0 Å². The van der Waals surface area contributed by atoms with Crippen molar-refractivity contribution in [1.82, 2.24) is 14.9 Å². The van der Waals surface area contributed by atoms with Crippen molar-refractivity contribution in [3.8, 4) is 22.9 Å². The lowest BCUT2D eigenvalue weighted by Crippen LogP contribution is -2.38. The van der Waals surface area contributed by atoms with E-state index in [1.807, 2.05) is 60.0 Å².